The van der Waals surface area contributed by atoms with Gasteiger partial charge in [-0.1, -0.05) is 23.7 Å². The Hall–Kier alpha value is -3.00. The zero-order valence-corrected chi connectivity index (χ0v) is 14.0. The van der Waals surface area contributed by atoms with Gasteiger partial charge in [0.25, 0.3) is 11.8 Å². The summed E-state index contributed by atoms with van der Waals surface area (Å²) in [6.07, 6.45) is 1.20. The molecule has 134 valence electrons. The third-order valence-electron chi connectivity index (χ3n) is 3.55. The molecule has 0 bridgehead atoms. The van der Waals surface area contributed by atoms with Gasteiger partial charge < -0.3 is 9.47 Å². The number of imide groups is 1. The Bertz CT molecular complexity index is 883. The first-order chi connectivity index (χ1) is 12.4. The van der Waals surface area contributed by atoms with Gasteiger partial charge in [-0.05, 0) is 29.8 Å². The number of carbonyl (C=O) groups is 2. The number of carbonyl (C=O) groups excluding carboxylic acids is 2. The van der Waals surface area contributed by atoms with Crippen LogP contribution in [-0.2, 0) is 0 Å². The van der Waals surface area contributed by atoms with E-state index in [1.807, 2.05) is 0 Å². The van der Waals surface area contributed by atoms with Crippen molar-refractivity contribution in [1.29, 1.82) is 0 Å². The number of amides is 2. The molecule has 6 nitrogen and oxygen atoms in total. The largest absolute Gasteiger partial charge is 0.493 e. The molecule has 1 heterocycles. The number of methoxy groups -OCH3 is 1. The van der Waals surface area contributed by atoms with Crippen LogP contribution in [0.4, 0.5) is 8.78 Å². The molecule has 0 radical (unpaired) electrons. The van der Waals surface area contributed by atoms with Crippen LogP contribution in [0.1, 0.15) is 26.3 Å². The second-order valence-corrected chi connectivity index (χ2v) is 5.53. The SMILES string of the molecule is COc1cc(/C=N\N2C(=O)c3ccccc3C2=O)cc(Cl)c1OC(F)F. The third-order valence-corrected chi connectivity index (χ3v) is 3.83. The van der Waals surface area contributed by atoms with E-state index < -0.39 is 18.4 Å². The molecule has 0 saturated heterocycles. The minimum Gasteiger partial charge on any atom is -0.493 e. The summed E-state index contributed by atoms with van der Waals surface area (Å²) in [5.41, 5.74) is 0.835. The summed E-state index contributed by atoms with van der Waals surface area (Å²) < 4.78 is 34.2. The third kappa shape index (κ3) is 3.23. The molecule has 2 aromatic carbocycles. The quantitative estimate of drug-likeness (QED) is 0.587. The number of fused-ring (bicyclic) bond motifs is 1. The van der Waals surface area contributed by atoms with Crippen LogP contribution < -0.4 is 9.47 Å². The van der Waals surface area contributed by atoms with Crippen molar-refractivity contribution in [2.24, 2.45) is 5.10 Å². The van der Waals surface area contributed by atoms with E-state index >= 15 is 0 Å². The molecule has 0 saturated carbocycles. The van der Waals surface area contributed by atoms with Gasteiger partial charge in [0, 0.05) is 0 Å². The highest BCUT2D eigenvalue weighted by atomic mass is 35.5. The number of benzene rings is 2. The Morgan fingerprint density at radius 3 is 2.31 bits per heavy atom. The minimum absolute atomic E-state index is 0.0402. The second kappa shape index (κ2) is 7.09. The Morgan fingerprint density at radius 2 is 1.77 bits per heavy atom. The molecule has 2 amide bonds. The summed E-state index contributed by atoms with van der Waals surface area (Å²) in [7, 11) is 1.26. The van der Waals surface area contributed by atoms with Crippen molar-refractivity contribution in [1.82, 2.24) is 5.01 Å². The van der Waals surface area contributed by atoms with Crippen molar-refractivity contribution >= 4 is 29.6 Å². The number of hydrogen-bond donors (Lipinski definition) is 0. The maximum Gasteiger partial charge on any atom is 0.387 e. The lowest BCUT2D eigenvalue weighted by molar-refractivity contribution is -0.0511. The summed E-state index contributed by atoms with van der Waals surface area (Å²) >= 11 is 5.94. The predicted molar refractivity (Wildman–Crippen MR) is 89.2 cm³/mol. The van der Waals surface area contributed by atoms with Gasteiger partial charge in [0.1, 0.15) is 0 Å². The molecule has 0 fully saturated rings. The Kier molecular flexibility index (Phi) is 4.85. The molecule has 26 heavy (non-hydrogen) atoms. The number of ether oxygens (including phenoxy) is 2. The lowest BCUT2D eigenvalue weighted by Crippen LogP contribution is -2.24. The minimum atomic E-state index is -3.07. The molecule has 0 aromatic heterocycles. The molecule has 0 aliphatic carbocycles. The molecular formula is C17H11ClF2N2O4. The summed E-state index contributed by atoms with van der Waals surface area (Å²) in [5, 5.41) is 4.47. The van der Waals surface area contributed by atoms with Crippen LogP contribution in [0.3, 0.4) is 0 Å². The molecule has 9 heteroatoms. The average Bonchev–Trinajstić information content (AvgIpc) is 2.86. The first-order valence-corrected chi connectivity index (χ1v) is 7.64. The fraction of sp³-hybridized carbons (Fsp3) is 0.118. The van der Waals surface area contributed by atoms with Gasteiger partial charge in [-0.3, -0.25) is 9.59 Å². The average molecular weight is 381 g/mol. The highest BCUT2D eigenvalue weighted by molar-refractivity contribution is 6.32. The number of halogens is 3. The van der Waals surface area contributed by atoms with E-state index in [4.69, 9.17) is 16.3 Å². The highest BCUT2D eigenvalue weighted by Gasteiger charge is 2.35. The first-order valence-electron chi connectivity index (χ1n) is 7.26. The molecule has 1 aliphatic heterocycles. The zero-order valence-electron chi connectivity index (χ0n) is 13.3. The Labute approximate surface area is 151 Å². The van der Waals surface area contributed by atoms with Crippen molar-refractivity contribution in [3.8, 4) is 11.5 Å². The van der Waals surface area contributed by atoms with E-state index in [0.717, 1.165) is 0 Å². The standard InChI is InChI=1S/C17H11ClF2N2O4/c1-25-13-7-9(6-12(18)14(13)26-17(19)20)8-21-22-15(23)10-4-2-3-5-11(10)16(22)24/h2-8,17H,1H3/b21-8-. The molecule has 0 spiro atoms. The molecule has 3 rings (SSSR count). The lowest BCUT2D eigenvalue weighted by atomic mass is 10.1. The van der Waals surface area contributed by atoms with Crippen molar-refractivity contribution in [3.05, 3.63) is 58.1 Å². The van der Waals surface area contributed by atoms with Crippen LogP contribution >= 0.6 is 11.6 Å². The van der Waals surface area contributed by atoms with Crippen LogP contribution in [0, 0.1) is 0 Å². The number of hydrogen-bond acceptors (Lipinski definition) is 5. The molecule has 1 aliphatic rings. The second-order valence-electron chi connectivity index (χ2n) is 5.12. The highest BCUT2D eigenvalue weighted by Crippen LogP contribution is 2.37. The van der Waals surface area contributed by atoms with Gasteiger partial charge >= 0.3 is 6.61 Å². The van der Waals surface area contributed by atoms with Crippen LogP contribution in [0.25, 0.3) is 0 Å². The van der Waals surface area contributed by atoms with Crippen LogP contribution in [0.5, 0.6) is 11.5 Å². The van der Waals surface area contributed by atoms with E-state index in [0.29, 0.717) is 10.6 Å². The monoisotopic (exact) mass is 380 g/mol. The van der Waals surface area contributed by atoms with E-state index in [2.05, 4.69) is 9.84 Å². The van der Waals surface area contributed by atoms with Gasteiger partial charge in [0.15, 0.2) is 11.5 Å². The normalized spacial score (nSPS) is 13.7. The van der Waals surface area contributed by atoms with Crippen LogP contribution in [0.15, 0.2) is 41.5 Å². The van der Waals surface area contributed by atoms with Crippen molar-refractivity contribution in [3.63, 3.8) is 0 Å². The van der Waals surface area contributed by atoms with Crippen molar-refractivity contribution in [2.45, 2.75) is 6.61 Å². The number of nitrogens with zero attached hydrogens (tertiary/aromatic N) is 2. The number of rotatable bonds is 5. The molecule has 0 unspecified atom stereocenters. The van der Waals surface area contributed by atoms with Gasteiger partial charge in [0.2, 0.25) is 0 Å². The zero-order chi connectivity index (χ0) is 18.8. The first kappa shape index (κ1) is 17.8. The van der Waals surface area contributed by atoms with Crippen molar-refractivity contribution in [2.75, 3.05) is 7.11 Å². The topological polar surface area (TPSA) is 68.2 Å². The van der Waals surface area contributed by atoms with E-state index in [9.17, 15) is 18.4 Å². The summed E-state index contributed by atoms with van der Waals surface area (Å²) in [5.74, 6) is -1.47. The fourth-order valence-corrected chi connectivity index (χ4v) is 2.69. The molecular weight excluding hydrogens is 370 g/mol. The maximum atomic E-state index is 12.4. The van der Waals surface area contributed by atoms with Gasteiger partial charge in [-0.15, -0.1) is 0 Å². The molecule has 0 N–H and O–H groups in total. The number of alkyl halides is 2. The maximum absolute atomic E-state index is 12.4. The van der Waals surface area contributed by atoms with Gasteiger partial charge in [-0.25, -0.2) is 0 Å². The predicted octanol–water partition coefficient (Wildman–Crippen LogP) is 3.58. The Morgan fingerprint density at radius 1 is 1.15 bits per heavy atom. The summed E-state index contributed by atoms with van der Waals surface area (Å²) in [4.78, 5) is 24.5. The lowest BCUT2D eigenvalue weighted by Gasteiger charge is -2.12. The molecule has 0 atom stereocenters. The summed E-state index contributed by atoms with van der Waals surface area (Å²) in [6.45, 7) is -3.07. The van der Waals surface area contributed by atoms with Crippen molar-refractivity contribution < 1.29 is 27.8 Å². The van der Waals surface area contributed by atoms with Gasteiger partial charge in [-0.2, -0.15) is 18.9 Å². The summed E-state index contributed by atoms with van der Waals surface area (Å²) in [6, 6.07) is 8.98. The smallest absolute Gasteiger partial charge is 0.387 e. The van der Waals surface area contributed by atoms with Crippen LogP contribution in [0.2, 0.25) is 5.02 Å². The Balaban J connectivity index is 1.89. The van der Waals surface area contributed by atoms with E-state index in [1.165, 1.54) is 37.6 Å². The van der Waals surface area contributed by atoms with Crippen LogP contribution in [-0.4, -0.2) is 36.8 Å². The van der Waals surface area contributed by atoms with Gasteiger partial charge in [0.05, 0.1) is 29.5 Å². The fourth-order valence-electron chi connectivity index (χ4n) is 2.42. The van der Waals surface area contributed by atoms with E-state index in [1.54, 1.807) is 12.1 Å². The molecule has 2 aromatic rings. The van der Waals surface area contributed by atoms with E-state index in [-0.39, 0.29) is 27.6 Å². The number of hydrazone groups is 1.